The van der Waals surface area contributed by atoms with Gasteiger partial charge in [-0.3, -0.25) is 0 Å². The van der Waals surface area contributed by atoms with E-state index in [0.717, 1.165) is 25.0 Å². The average molecular weight is 435 g/mol. The molecule has 1 aliphatic rings. The maximum absolute atomic E-state index is 4.95. The molecular weight excluding hydrogens is 405 g/mol. The maximum Gasteiger partial charge on any atom is 0.223 e. The van der Waals surface area contributed by atoms with E-state index in [9.17, 15) is 0 Å². The lowest BCUT2D eigenvalue weighted by molar-refractivity contribution is 0.332. The average Bonchev–Trinajstić information content (AvgIpc) is 2.95. The Bertz CT molecular complexity index is 457. The molecule has 0 unspecified atom stereocenters. The molecule has 0 radical (unpaired) electrons. The van der Waals surface area contributed by atoms with Crippen LogP contribution in [0, 0.1) is 12.8 Å². The van der Waals surface area contributed by atoms with E-state index in [0.29, 0.717) is 18.3 Å². The summed E-state index contributed by atoms with van der Waals surface area (Å²) in [6.07, 6.45) is 9.66. The molecule has 1 aliphatic carbocycles. The van der Waals surface area contributed by atoms with Crippen molar-refractivity contribution in [2.75, 3.05) is 13.1 Å². The van der Waals surface area contributed by atoms with Crippen molar-refractivity contribution < 1.29 is 4.52 Å². The molecule has 7 heteroatoms. The third-order valence-corrected chi connectivity index (χ3v) is 4.10. The Hall–Kier alpha value is -0.860. The van der Waals surface area contributed by atoms with Crippen LogP contribution in [0.3, 0.4) is 0 Å². The quantitative estimate of drug-likeness (QED) is 0.297. The number of aliphatic imine (C=N–C) groups is 1. The van der Waals surface area contributed by atoms with Crippen molar-refractivity contribution in [1.82, 2.24) is 20.8 Å². The minimum atomic E-state index is 0. The van der Waals surface area contributed by atoms with Gasteiger partial charge in [-0.25, -0.2) is 4.99 Å². The number of rotatable bonds is 7. The van der Waals surface area contributed by atoms with Gasteiger partial charge in [0.1, 0.15) is 6.54 Å². The highest BCUT2D eigenvalue weighted by atomic mass is 127. The van der Waals surface area contributed by atoms with Crippen LogP contribution in [-0.4, -0.2) is 29.2 Å². The van der Waals surface area contributed by atoms with Gasteiger partial charge in [0.25, 0.3) is 0 Å². The highest BCUT2D eigenvalue weighted by molar-refractivity contribution is 14.0. The van der Waals surface area contributed by atoms with Crippen LogP contribution in [0.2, 0.25) is 0 Å². The molecule has 1 aromatic heterocycles. The van der Waals surface area contributed by atoms with Crippen molar-refractivity contribution in [2.24, 2.45) is 10.9 Å². The molecule has 0 bridgehead atoms. The van der Waals surface area contributed by atoms with Gasteiger partial charge in [-0.15, -0.1) is 24.0 Å². The van der Waals surface area contributed by atoms with Crippen molar-refractivity contribution in [3.05, 3.63) is 11.7 Å². The molecule has 0 spiro atoms. The summed E-state index contributed by atoms with van der Waals surface area (Å²) in [5.74, 6) is 2.97. The molecule has 0 aromatic carbocycles. The van der Waals surface area contributed by atoms with E-state index in [2.05, 4.69) is 32.7 Å². The first-order chi connectivity index (χ1) is 10.8. The largest absolute Gasteiger partial charge is 0.357 e. The topological polar surface area (TPSA) is 75.3 Å². The van der Waals surface area contributed by atoms with Gasteiger partial charge in [0.15, 0.2) is 11.8 Å². The van der Waals surface area contributed by atoms with Crippen LogP contribution in [0.5, 0.6) is 0 Å². The Labute approximate surface area is 156 Å². The molecule has 0 atom stereocenters. The highest BCUT2D eigenvalue weighted by Crippen LogP contribution is 2.26. The number of hydrogen-bond acceptors (Lipinski definition) is 4. The fourth-order valence-corrected chi connectivity index (χ4v) is 2.97. The van der Waals surface area contributed by atoms with Gasteiger partial charge in [0.2, 0.25) is 5.89 Å². The van der Waals surface area contributed by atoms with Crippen molar-refractivity contribution in [3.63, 3.8) is 0 Å². The molecule has 0 amide bonds. The van der Waals surface area contributed by atoms with Crippen LogP contribution in [-0.2, 0) is 6.54 Å². The minimum absolute atomic E-state index is 0. The predicted molar refractivity (Wildman–Crippen MR) is 103 cm³/mol. The van der Waals surface area contributed by atoms with E-state index in [-0.39, 0.29) is 24.0 Å². The summed E-state index contributed by atoms with van der Waals surface area (Å²) in [6.45, 7) is 6.11. The van der Waals surface area contributed by atoms with Crippen molar-refractivity contribution in [2.45, 2.75) is 65.3 Å². The molecule has 0 saturated heterocycles. The summed E-state index contributed by atoms with van der Waals surface area (Å²) in [5, 5.41) is 10.5. The molecule has 1 heterocycles. The maximum atomic E-state index is 4.95. The van der Waals surface area contributed by atoms with E-state index < -0.39 is 0 Å². The molecule has 2 rings (SSSR count). The zero-order valence-corrected chi connectivity index (χ0v) is 16.6. The standard InChI is InChI=1S/C16H29N5O.HI/c1-3-17-16(19-12-15-20-13(2)22-21-15)18-11-7-10-14-8-5-4-6-9-14;/h14H,3-12H2,1-2H3,(H2,17,18,19);1H. The number of guanidine groups is 1. The first-order valence-corrected chi connectivity index (χ1v) is 8.59. The molecule has 1 fully saturated rings. The van der Waals surface area contributed by atoms with Gasteiger partial charge in [0.05, 0.1) is 0 Å². The SMILES string of the molecule is CCNC(=NCc1noc(C)n1)NCCCC1CCCCC1.I. The van der Waals surface area contributed by atoms with Crippen molar-refractivity contribution >= 4 is 29.9 Å². The second kappa shape index (κ2) is 11.6. The van der Waals surface area contributed by atoms with Crippen LogP contribution in [0.1, 0.15) is 63.6 Å². The van der Waals surface area contributed by atoms with E-state index in [1.807, 2.05) is 0 Å². The van der Waals surface area contributed by atoms with Crippen LogP contribution < -0.4 is 10.6 Å². The van der Waals surface area contributed by atoms with Crippen molar-refractivity contribution in [3.8, 4) is 0 Å². The molecule has 1 aromatic rings. The molecule has 6 nitrogen and oxygen atoms in total. The normalized spacial score (nSPS) is 16.0. The van der Waals surface area contributed by atoms with Gasteiger partial charge < -0.3 is 15.2 Å². The number of nitrogens with one attached hydrogen (secondary N) is 2. The van der Waals surface area contributed by atoms with Crippen LogP contribution in [0.15, 0.2) is 9.52 Å². The van der Waals surface area contributed by atoms with E-state index in [1.165, 1.54) is 44.9 Å². The van der Waals surface area contributed by atoms with Crippen LogP contribution in [0.4, 0.5) is 0 Å². The highest BCUT2D eigenvalue weighted by Gasteiger charge is 2.12. The summed E-state index contributed by atoms with van der Waals surface area (Å²) in [5.41, 5.74) is 0. The number of aryl methyl sites for hydroxylation is 1. The zero-order valence-electron chi connectivity index (χ0n) is 14.3. The molecule has 23 heavy (non-hydrogen) atoms. The zero-order chi connectivity index (χ0) is 15.6. The second-order valence-electron chi connectivity index (χ2n) is 6.00. The number of nitrogens with zero attached hydrogens (tertiary/aromatic N) is 3. The second-order valence-corrected chi connectivity index (χ2v) is 6.00. The third-order valence-electron chi connectivity index (χ3n) is 4.10. The first-order valence-electron chi connectivity index (χ1n) is 8.59. The molecule has 1 saturated carbocycles. The minimum Gasteiger partial charge on any atom is -0.357 e. The van der Waals surface area contributed by atoms with Crippen molar-refractivity contribution in [1.29, 1.82) is 0 Å². The Kier molecular flexibility index (Phi) is 10.2. The van der Waals surface area contributed by atoms with E-state index in [1.54, 1.807) is 6.92 Å². The lowest BCUT2D eigenvalue weighted by atomic mass is 9.86. The Morgan fingerprint density at radius 3 is 2.70 bits per heavy atom. The first kappa shape index (κ1) is 20.2. The smallest absolute Gasteiger partial charge is 0.223 e. The Balaban J connectivity index is 0.00000264. The summed E-state index contributed by atoms with van der Waals surface area (Å²) in [4.78, 5) is 8.65. The molecule has 0 aliphatic heterocycles. The summed E-state index contributed by atoms with van der Waals surface area (Å²) < 4.78 is 4.95. The lowest BCUT2D eigenvalue weighted by Crippen LogP contribution is -2.37. The molecular formula is C16H30IN5O. The summed E-state index contributed by atoms with van der Waals surface area (Å²) in [6, 6.07) is 0. The van der Waals surface area contributed by atoms with Gasteiger partial charge in [0, 0.05) is 20.0 Å². The monoisotopic (exact) mass is 435 g/mol. The fraction of sp³-hybridized carbons (Fsp3) is 0.812. The third kappa shape index (κ3) is 7.99. The number of halogens is 1. The lowest BCUT2D eigenvalue weighted by Gasteiger charge is -2.21. The number of hydrogen-bond donors (Lipinski definition) is 2. The van der Waals surface area contributed by atoms with Crippen LogP contribution in [0.25, 0.3) is 0 Å². The van der Waals surface area contributed by atoms with E-state index in [4.69, 9.17) is 4.52 Å². The summed E-state index contributed by atoms with van der Waals surface area (Å²) >= 11 is 0. The van der Waals surface area contributed by atoms with E-state index >= 15 is 0 Å². The summed E-state index contributed by atoms with van der Waals surface area (Å²) in [7, 11) is 0. The van der Waals surface area contributed by atoms with Gasteiger partial charge >= 0.3 is 0 Å². The van der Waals surface area contributed by atoms with Gasteiger partial charge in [-0.2, -0.15) is 4.98 Å². The van der Waals surface area contributed by atoms with Crippen LogP contribution >= 0.6 is 24.0 Å². The molecule has 132 valence electrons. The Morgan fingerprint density at radius 1 is 1.26 bits per heavy atom. The van der Waals surface area contributed by atoms with Gasteiger partial charge in [-0.1, -0.05) is 37.3 Å². The molecule has 2 N–H and O–H groups in total. The fourth-order valence-electron chi connectivity index (χ4n) is 2.97. The predicted octanol–water partition coefficient (Wildman–Crippen LogP) is 3.41. The van der Waals surface area contributed by atoms with Gasteiger partial charge in [-0.05, 0) is 25.7 Å². The Morgan fingerprint density at radius 2 is 2.04 bits per heavy atom. The number of aromatic nitrogens is 2.